The molecule has 2 aliphatic rings. The van der Waals surface area contributed by atoms with Gasteiger partial charge in [0.25, 0.3) is 0 Å². The van der Waals surface area contributed by atoms with Crippen LogP contribution in [0.25, 0.3) is 0 Å². The van der Waals surface area contributed by atoms with Gasteiger partial charge in [-0.05, 0) is 31.2 Å². The lowest BCUT2D eigenvalue weighted by atomic mass is 9.81. The van der Waals surface area contributed by atoms with Crippen molar-refractivity contribution in [2.75, 3.05) is 6.54 Å². The predicted octanol–water partition coefficient (Wildman–Crippen LogP) is 3.86. The molecule has 0 unspecified atom stereocenters. The van der Waals surface area contributed by atoms with Crippen molar-refractivity contribution in [2.24, 2.45) is 5.92 Å². The van der Waals surface area contributed by atoms with E-state index < -0.39 is 5.97 Å². The molecule has 134 valence electrons. The van der Waals surface area contributed by atoms with Gasteiger partial charge in [-0.3, -0.25) is 4.79 Å². The highest BCUT2D eigenvalue weighted by Crippen LogP contribution is 2.39. The normalized spacial score (nSPS) is 23.0. The van der Waals surface area contributed by atoms with E-state index in [9.17, 15) is 9.59 Å². The van der Waals surface area contributed by atoms with Gasteiger partial charge < -0.3 is 9.64 Å². The molecule has 4 heteroatoms. The molecule has 4 nitrogen and oxygen atoms in total. The number of carbonyl (C=O) groups excluding carboxylic acids is 2. The van der Waals surface area contributed by atoms with Gasteiger partial charge in [0.2, 0.25) is 0 Å². The van der Waals surface area contributed by atoms with Crippen molar-refractivity contribution in [1.82, 2.24) is 4.90 Å². The van der Waals surface area contributed by atoms with Crippen molar-refractivity contribution >= 4 is 11.8 Å². The first kappa shape index (κ1) is 17.7. The quantitative estimate of drug-likeness (QED) is 0.582. The second-order valence-electron chi connectivity index (χ2n) is 6.92. The zero-order chi connectivity index (χ0) is 17.8. The first-order valence-electron chi connectivity index (χ1n) is 9.42. The molecule has 1 fully saturated rings. The smallest absolute Gasteiger partial charge is 0.343 e. The molecule has 1 saturated heterocycles. The summed E-state index contributed by atoms with van der Waals surface area (Å²) in [6, 6.07) is 9.83. The van der Waals surface area contributed by atoms with Crippen molar-refractivity contribution in [1.29, 1.82) is 0 Å². The molecule has 1 aromatic rings. The van der Waals surface area contributed by atoms with Crippen LogP contribution >= 0.6 is 0 Å². The number of fused-ring (bicyclic) bond motifs is 1. The zero-order valence-corrected chi connectivity index (χ0v) is 15.2. The van der Waals surface area contributed by atoms with Crippen LogP contribution in [-0.2, 0) is 20.9 Å². The zero-order valence-electron chi connectivity index (χ0n) is 15.2. The Morgan fingerprint density at radius 3 is 2.68 bits per heavy atom. The minimum Gasteiger partial charge on any atom is -0.457 e. The van der Waals surface area contributed by atoms with Gasteiger partial charge in [-0.15, -0.1) is 0 Å². The van der Waals surface area contributed by atoms with Gasteiger partial charge in [-0.1, -0.05) is 50.6 Å². The Morgan fingerprint density at radius 1 is 1.24 bits per heavy atom. The number of rotatable bonds is 6. The molecule has 0 N–H and O–H groups in total. The second-order valence-corrected chi connectivity index (χ2v) is 6.92. The molecule has 0 amide bonds. The number of nitrogens with zero attached hydrogens (tertiary/aromatic N) is 1. The molecule has 1 aromatic carbocycles. The van der Waals surface area contributed by atoms with Gasteiger partial charge in [0.15, 0.2) is 5.78 Å². The Bertz CT molecular complexity index is 665. The molecular formula is C21H27NO3. The Hall–Kier alpha value is -2.10. The molecule has 0 aromatic heterocycles. The van der Waals surface area contributed by atoms with E-state index in [-0.39, 0.29) is 24.3 Å². The van der Waals surface area contributed by atoms with E-state index in [2.05, 4.69) is 11.8 Å². The maximum Gasteiger partial charge on any atom is 0.343 e. The van der Waals surface area contributed by atoms with E-state index in [1.54, 1.807) is 0 Å². The number of hydrogen-bond donors (Lipinski definition) is 0. The standard InChI is InChI=1S/C21H27NO3/c1-3-9-17-16(4-2)20(23)19(18-12-8-13-22(17)18)21(24)25-14-15-10-6-5-7-11-15/h5-7,10-11,16-17H,3-4,8-9,12-14H2,1-2H3/t16-,17-/m1/s1. The minimum atomic E-state index is -0.454. The van der Waals surface area contributed by atoms with E-state index in [4.69, 9.17) is 4.74 Å². The average molecular weight is 341 g/mol. The summed E-state index contributed by atoms with van der Waals surface area (Å²) in [5, 5.41) is 0. The number of allylic oxidation sites excluding steroid dienone is 1. The first-order valence-corrected chi connectivity index (χ1v) is 9.42. The molecule has 2 heterocycles. The fraction of sp³-hybridized carbons (Fsp3) is 0.524. The fourth-order valence-corrected chi connectivity index (χ4v) is 4.17. The number of benzene rings is 1. The summed E-state index contributed by atoms with van der Waals surface area (Å²) in [5.74, 6) is -0.558. The number of ketones is 1. The molecule has 0 aliphatic carbocycles. The van der Waals surface area contributed by atoms with Crippen molar-refractivity contribution in [3.63, 3.8) is 0 Å². The van der Waals surface area contributed by atoms with E-state index >= 15 is 0 Å². The van der Waals surface area contributed by atoms with Gasteiger partial charge >= 0.3 is 5.97 Å². The topological polar surface area (TPSA) is 46.6 Å². The Labute approximate surface area is 149 Å². The predicted molar refractivity (Wildman–Crippen MR) is 96.7 cm³/mol. The van der Waals surface area contributed by atoms with E-state index in [1.807, 2.05) is 37.3 Å². The van der Waals surface area contributed by atoms with Gasteiger partial charge in [0.1, 0.15) is 12.2 Å². The molecule has 0 spiro atoms. The molecular weight excluding hydrogens is 314 g/mol. The van der Waals surface area contributed by atoms with Gasteiger partial charge in [-0.25, -0.2) is 4.79 Å². The molecule has 2 aliphatic heterocycles. The number of ether oxygens (including phenoxy) is 1. The van der Waals surface area contributed by atoms with Gasteiger partial charge in [0, 0.05) is 24.2 Å². The fourth-order valence-electron chi connectivity index (χ4n) is 4.17. The Balaban J connectivity index is 1.84. The first-order chi connectivity index (χ1) is 12.2. The lowest BCUT2D eigenvalue weighted by Gasteiger charge is -2.40. The van der Waals surface area contributed by atoms with Crippen LogP contribution in [0.5, 0.6) is 0 Å². The third kappa shape index (κ3) is 3.48. The van der Waals surface area contributed by atoms with Crippen LogP contribution in [0, 0.1) is 5.92 Å². The maximum atomic E-state index is 13.1. The highest BCUT2D eigenvalue weighted by molar-refractivity contribution is 6.19. The van der Waals surface area contributed by atoms with Crippen LogP contribution in [0.2, 0.25) is 0 Å². The summed E-state index contributed by atoms with van der Waals surface area (Å²) < 4.78 is 5.49. The van der Waals surface area contributed by atoms with Crippen molar-refractivity contribution in [3.8, 4) is 0 Å². The van der Waals surface area contributed by atoms with Crippen LogP contribution in [0.1, 0.15) is 51.5 Å². The maximum absolute atomic E-state index is 13.1. The van der Waals surface area contributed by atoms with Gasteiger partial charge in [-0.2, -0.15) is 0 Å². The molecule has 25 heavy (non-hydrogen) atoms. The molecule has 0 radical (unpaired) electrons. The van der Waals surface area contributed by atoms with E-state index in [0.717, 1.165) is 49.9 Å². The number of esters is 1. The highest BCUT2D eigenvalue weighted by atomic mass is 16.5. The number of carbonyl (C=O) groups is 2. The highest BCUT2D eigenvalue weighted by Gasteiger charge is 2.44. The molecule has 3 rings (SSSR count). The molecule has 0 bridgehead atoms. The lowest BCUT2D eigenvalue weighted by molar-refractivity contribution is -0.143. The van der Waals surface area contributed by atoms with E-state index in [0.29, 0.717) is 5.57 Å². The van der Waals surface area contributed by atoms with Crippen LogP contribution < -0.4 is 0 Å². The summed E-state index contributed by atoms with van der Waals surface area (Å²) in [4.78, 5) is 28.1. The van der Waals surface area contributed by atoms with Crippen LogP contribution in [0.3, 0.4) is 0 Å². The summed E-state index contributed by atoms with van der Waals surface area (Å²) >= 11 is 0. The van der Waals surface area contributed by atoms with Crippen molar-refractivity contribution < 1.29 is 14.3 Å². The molecule has 0 saturated carbocycles. The monoisotopic (exact) mass is 341 g/mol. The van der Waals surface area contributed by atoms with Crippen LogP contribution in [0.15, 0.2) is 41.6 Å². The SMILES string of the molecule is CCC[C@@H]1[C@@H](CC)C(=O)C(C(=O)OCc2ccccc2)=C2CCCN21. The second kappa shape index (κ2) is 7.85. The Morgan fingerprint density at radius 2 is 2.00 bits per heavy atom. The number of Topliss-reactive ketones (excluding diaryl/α,β-unsaturated/α-hetero) is 1. The minimum absolute atomic E-state index is 0.00726. The largest absolute Gasteiger partial charge is 0.457 e. The average Bonchev–Trinajstić information content (AvgIpc) is 3.10. The summed E-state index contributed by atoms with van der Waals surface area (Å²) in [6.07, 6.45) is 4.63. The number of hydrogen-bond acceptors (Lipinski definition) is 4. The van der Waals surface area contributed by atoms with Crippen molar-refractivity contribution in [2.45, 2.75) is 58.6 Å². The van der Waals surface area contributed by atoms with Crippen LogP contribution in [-0.4, -0.2) is 29.2 Å². The third-order valence-electron chi connectivity index (χ3n) is 5.34. The van der Waals surface area contributed by atoms with E-state index in [1.165, 1.54) is 0 Å². The third-order valence-corrected chi connectivity index (χ3v) is 5.34. The molecule has 2 atom stereocenters. The lowest BCUT2D eigenvalue weighted by Crippen LogP contribution is -2.47. The summed E-state index contributed by atoms with van der Waals surface area (Å²) in [7, 11) is 0. The van der Waals surface area contributed by atoms with Crippen molar-refractivity contribution in [3.05, 3.63) is 47.2 Å². The van der Waals surface area contributed by atoms with Gasteiger partial charge in [0.05, 0.1) is 0 Å². The summed E-state index contributed by atoms with van der Waals surface area (Å²) in [5.41, 5.74) is 2.17. The summed E-state index contributed by atoms with van der Waals surface area (Å²) in [6.45, 7) is 5.34. The van der Waals surface area contributed by atoms with Crippen LogP contribution in [0.4, 0.5) is 0 Å². The Kier molecular flexibility index (Phi) is 5.57.